The Kier molecular flexibility index (Phi) is 4.05. The molecule has 1 heterocycles. The molecular formula is C21H19N3O2. The molecule has 3 aromatic carbocycles. The van der Waals surface area contributed by atoms with Crippen molar-refractivity contribution in [3.05, 3.63) is 72.3 Å². The number of carbonyl (C=O) groups excluding carboxylic acids is 2. The molecule has 26 heavy (non-hydrogen) atoms. The van der Waals surface area contributed by atoms with Gasteiger partial charge in [0, 0.05) is 36.8 Å². The third-order valence-corrected chi connectivity index (χ3v) is 4.69. The van der Waals surface area contributed by atoms with Gasteiger partial charge in [0.25, 0.3) is 5.91 Å². The van der Waals surface area contributed by atoms with Crippen molar-refractivity contribution in [2.75, 3.05) is 29.9 Å². The fourth-order valence-corrected chi connectivity index (χ4v) is 3.33. The van der Waals surface area contributed by atoms with Crippen LogP contribution in [0, 0.1) is 0 Å². The zero-order valence-corrected chi connectivity index (χ0v) is 14.5. The average Bonchev–Trinajstić information content (AvgIpc) is 3.12. The van der Waals surface area contributed by atoms with E-state index in [1.165, 1.54) is 0 Å². The Morgan fingerprint density at radius 1 is 1.04 bits per heavy atom. The minimum Gasteiger partial charge on any atom is -0.336 e. The third kappa shape index (κ3) is 2.77. The van der Waals surface area contributed by atoms with E-state index in [1.54, 1.807) is 29.0 Å². The predicted octanol–water partition coefficient (Wildman–Crippen LogP) is 3.65. The summed E-state index contributed by atoms with van der Waals surface area (Å²) in [5.41, 5.74) is 2.15. The Hall–Kier alpha value is -3.34. The summed E-state index contributed by atoms with van der Waals surface area (Å²) in [6.45, 7) is 1.22. The smallest absolute Gasteiger partial charge is 0.321 e. The van der Waals surface area contributed by atoms with Gasteiger partial charge < -0.3 is 10.2 Å². The quantitative estimate of drug-likeness (QED) is 0.788. The van der Waals surface area contributed by atoms with Gasteiger partial charge in [-0.15, -0.1) is 0 Å². The summed E-state index contributed by atoms with van der Waals surface area (Å²) >= 11 is 0. The molecule has 5 heteroatoms. The highest BCUT2D eigenvalue weighted by Gasteiger charge is 2.22. The summed E-state index contributed by atoms with van der Waals surface area (Å²) < 4.78 is 0. The van der Waals surface area contributed by atoms with Crippen molar-refractivity contribution in [3.8, 4) is 0 Å². The molecule has 0 unspecified atom stereocenters. The minimum absolute atomic E-state index is 0.109. The van der Waals surface area contributed by atoms with Crippen molar-refractivity contribution in [1.82, 2.24) is 5.32 Å². The summed E-state index contributed by atoms with van der Waals surface area (Å²) in [4.78, 5) is 28.2. The molecule has 1 aliphatic rings. The van der Waals surface area contributed by atoms with Gasteiger partial charge in [-0.1, -0.05) is 42.5 Å². The molecule has 0 bridgehead atoms. The number of fused-ring (bicyclic) bond motifs is 1. The molecule has 4 rings (SSSR count). The maximum atomic E-state index is 13.0. The SMILES string of the molecule is CN(C(=O)c1cccc(N2CCNC2=O)c1)c1cccc2ccccc12. The molecule has 0 aliphatic carbocycles. The second-order valence-electron chi connectivity index (χ2n) is 6.30. The summed E-state index contributed by atoms with van der Waals surface area (Å²) in [6.07, 6.45) is 0. The zero-order valence-electron chi connectivity index (χ0n) is 14.5. The van der Waals surface area contributed by atoms with Gasteiger partial charge in [-0.3, -0.25) is 9.69 Å². The van der Waals surface area contributed by atoms with E-state index >= 15 is 0 Å². The van der Waals surface area contributed by atoms with E-state index in [4.69, 9.17) is 0 Å². The monoisotopic (exact) mass is 345 g/mol. The minimum atomic E-state index is -0.128. The van der Waals surface area contributed by atoms with Crippen LogP contribution < -0.4 is 15.1 Å². The largest absolute Gasteiger partial charge is 0.336 e. The van der Waals surface area contributed by atoms with E-state index in [2.05, 4.69) is 5.32 Å². The number of hydrogen-bond acceptors (Lipinski definition) is 2. The fraction of sp³-hybridized carbons (Fsp3) is 0.143. The second-order valence-corrected chi connectivity index (χ2v) is 6.30. The van der Waals surface area contributed by atoms with Crippen molar-refractivity contribution >= 4 is 34.1 Å². The van der Waals surface area contributed by atoms with E-state index in [0.29, 0.717) is 18.7 Å². The zero-order chi connectivity index (χ0) is 18.1. The van der Waals surface area contributed by atoms with Gasteiger partial charge in [0.1, 0.15) is 0 Å². The molecular weight excluding hydrogens is 326 g/mol. The molecule has 1 N–H and O–H groups in total. The van der Waals surface area contributed by atoms with Crippen LogP contribution in [-0.4, -0.2) is 32.1 Å². The Morgan fingerprint density at radius 2 is 1.81 bits per heavy atom. The van der Waals surface area contributed by atoms with Crippen LogP contribution >= 0.6 is 0 Å². The number of nitrogens with zero attached hydrogens (tertiary/aromatic N) is 2. The first kappa shape index (κ1) is 16.1. The second kappa shape index (κ2) is 6.52. The van der Waals surface area contributed by atoms with Gasteiger partial charge in [0.15, 0.2) is 0 Å². The molecule has 0 atom stereocenters. The number of amides is 3. The number of anilines is 2. The van der Waals surface area contributed by atoms with Crippen LogP contribution in [0.5, 0.6) is 0 Å². The van der Waals surface area contributed by atoms with Gasteiger partial charge in [-0.25, -0.2) is 4.79 Å². The highest BCUT2D eigenvalue weighted by molar-refractivity contribution is 6.11. The first-order valence-corrected chi connectivity index (χ1v) is 8.56. The maximum absolute atomic E-state index is 13.0. The van der Waals surface area contributed by atoms with E-state index in [1.807, 2.05) is 54.6 Å². The number of rotatable bonds is 3. The van der Waals surface area contributed by atoms with Crippen LogP contribution in [0.4, 0.5) is 16.2 Å². The lowest BCUT2D eigenvalue weighted by Gasteiger charge is -2.21. The molecule has 0 saturated carbocycles. The number of benzene rings is 3. The van der Waals surface area contributed by atoms with E-state index < -0.39 is 0 Å². The molecule has 1 saturated heterocycles. The maximum Gasteiger partial charge on any atom is 0.321 e. The lowest BCUT2D eigenvalue weighted by Crippen LogP contribution is -2.29. The summed E-state index contributed by atoms with van der Waals surface area (Å²) in [5.74, 6) is -0.109. The Balaban J connectivity index is 1.68. The molecule has 130 valence electrons. The van der Waals surface area contributed by atoms with Gasteiger partial charge >= 0.3 is 6.03 Å². The molecule has 1 fully saturated rings. The molecule has 1 aliphatic heterocycles. The van der Waals surface area contributed by atoms with Crippen LogP contribution in [0.25, 0.3) is 10.8 Å². The van der Waals surface area contributed by atoms with Gasteiger partial charge in [-0.05, 0) is 29.7 Å². The van der Waals surface area contributed by atoms with Gasteiger partial charge in [-0.2, -0.15) is 0 Å². The lowest BCUT2D eigenvalue weighted by molar-refractivity contribution is 0.0993. The number of carbonyl (C=O) groups is 2. The molecule has 0 aromatic heterocycles. The molecule has 0 radical (unpaired) electrons. The number of nitrogens with one attached hydrogen (secondary N) is 1. The van der Waals surface area contributed by atoms with Crippen LogP contribution in [-0.2, 0) is 0 Å². The van der Waals surface area contributed by atoms with E-state index in [0.717, 1.165) is 22.1 Å². The first-order chi connectivity index (χ1) is 12.6. The molecule has 0 spiro atoms. The summed E-state index contributed by atoms with van der Waals surface area (Å²) in [7, 11) is 1.78. The Bertz CT molecular complexity index is 994. The molecule has 3 amide bonds. The number of hydrogen-bond donors (Lipinski definition) is 1. The molecule has 5 nitrogen and oxygen atoms in total. The highest BCUT2D eigenvalue weighted by Crippen LogP contribution is 2.27. The standard InChI is InChI=1S/C21H19N3O2/c1-23(19-11-5-7-15-6-2-3-10-18(15)19)20(25)16-8-4-9-17(14-16)24-13-12-22-21(24)26/h2-11,14H,12-13H2,1H3,(H,22,26). The third-order valence-electron chi connectivity index (χ3n) is 4.69. The normalized spacial score (nSPS) is 13.7. The van der Waals surface area contributed by atoms with Gasteiger partial charge in [0.2, 0.25) is 0 Å². The van der Waals surface area contributed by atoms with Crippen molar-refractivity contribution in [3.63, 3.8) is 0 Å². The van der Waals surface area contributed by atoms with E-state index in [9.17, 15) is 9.59 Å². The molecule has 3 aromatic rings. The van der Waals surface area contributed by atoms with Crippen molar-refractivity contribution in [2.45, 2.75) is 0 Å². The topological polar surface area (TPSA) is 52.7 Å². The van der Waals surface area contributed by atoms with Crippen molar-refractivity contribution in [1.29, 1.82) is 0 Å². The highest BCUT2D eigenvalue weighted by atomic mass is 16.2. The van der Waals surface area contributed by atoms with E-state index in [-0.39, 0.29) is 11.9 Å². The lowest BCUT2D eigenvalue weighted by atomic mass is 10.1. The first-order valence-electron chi connectivity index (χ1n) is 8.56. The summed E-state index contributed by atoms with van der Waals surface area (Å²) in [6, 6.07) is 21.0. The van der Waals surface area contributed by atoms with Crippen molar-refractivity contribution < 1.29 is 9.59 Å². The van der Waals surface area contributed by atoms with Crippen LogP contribution in [0.1, 0.15) is 10.4 Å². The number of urea groups is 1. The Morgan fingerprint density at radius 3 is 2.62 bits per heavy atom. The Labute approximate surface area is 151 Å². The van der Waals surface area contributed by atoms with Crippen LogP contribution in [0.3, 0.4) is 0 Å². The predicted molar refractivity (Wildman–Crippen MR) is 104 cm³/mol. The average molecular weight is 345 g/mol. The van der Waals surface area contributed by atoms with Crippen molar-refractivity contribution in [2.24, 2.45) is 0 Å². The van der Waals surface area contributed by atoms with Crippen LogP contribution in [0.15, 0.2) is 66.7 Å². The van der Waals surface area contributed by atoms with Gasteiger partial charge in [0.05, 0.1) is 5.69 Å². The van der Waals surface area contributed by atoms with Crippen LogP contribution in [0.2, 0.25) is 0 Å². The summed E-state index contributed by atoms with van der Waals surface area (Å²) in [5, 5.41) is 4.90. The fourth-order valence-electron chi connectivity index (χ4n) is 3.33.